The molecule has 0 fully saturated rings. The summed E-state index contributed by atoms with van der Waals surface area (Å²) in [6.07, 6.45) is 0. The number of anilines is 1. The smallest absolute Gasteiger partial charge is 0.141 e. The second-order valence-corrected chi connectivity index (χ2v) is 6.94. The molecule has 26 heavy (non-hydrogen) atoms. The van der Waals surface area contributed by atoms with Gasteiger partial charge in [0.2, 0.25) is 0 Å². The molecule has 0 radical (unpaired) electrons. The Morgan fingerprint density at radius 2 is 1.73 bits per heavy atom. The van der Waals surface area contributed by atoms with Gasteiger partial charge in [-0.15, -0.1) is 0 Å². The minimum atomic E-state index is -0.464. The van der Waals surface area contributed by atoms with Gasteiger partial charge in [-0.2, -0.15) is 0 Å². The maximum atomic E-state index is 13.8. The van der Waals surface area contributed by atoms with Crippen LogP contribution in [0.15, 0.2) is 65.1 Å². The zero-order valence-electron chi connectivity index (χ0n) is 13.6. The molecule has 0 aromatic heterocycles. The SMILES string of the molecule is Fc1ccc(NCc2cc(Br)ccc2OCc2ccccc2F)cc1Cl. The van der Waals surface area contributed by atoms with Crippen molar-refractivity contribution in [2.45, 2.75) is 13.2 Å². The van der Waals surface area contributed by atoms with Crippen LogP contribution >= 0.6 is 27.5 Å². The molecule has 134 valence electrons. The van der Waals surface area contributed by atoms with E-state index in [0.717, 1.165) is 10.0 Å². The van der Waals surface area contributed by atoms with E-state index < -0.39 is 5.82 Å². The van der Waals surface area contributed by atoms with Gasteiger partial charge in [-0.05, 0) is 42.5 Å². The Labute approximate surface area is 163 Å². The molecule has 3 aromatic rings. The van der Waals surface area contributed by atoms with Crippen molar-refractivity contribution in [1.82, 2.24) is 0 Å². The lowest BCUT2D eigenvalue weighted by atomic mass is 10.2. The molecule has 6 heteroatoms. The second-order valence-electron chi connectivity index (χ2n) is 5.61. The van der Waals surface area contributed by atoms with Crippen LogP contribution in [0.3, 0.4) is 0 Å². The summed E-state index contributed by atoms with van der Waals surface area (Å²) < 4.78 is 33.7. The van der Waals surface area contributed by atoms with Crippen molar-refractivity contribution in [3.8, 4) is 5.75 Å². The average Bonchev–Trinajstić information content (AvgIpc) is 2.63. The molecular weight excluding hydrogens is 424 g/mol. The Kier molecular flexibility index (Phi) is 6.12. The van der Waals surface area contributed by atoms with Crippen molar-refractivity contribution >= 4 is 33.2 Å². The topological polar surface area (TPSA) is 21.3 Å². The van der Waals surface area contributed by atoms with Crippen molar-refractivity contribution in [2.24, 2.45) is 0 Å². The van der Waals surface area contributed by atoms with Crippen LogP contribution in [0.2, 0.25) is 5.02 Å². The summed E-state index contributed by atoms with van der Waals surface area (Å²) in [7, 11) is 0. The highest BCUT2D eigenvalue weighted by atomic mass is 79.9. The number of hydrogen-bond donors (Lipinski definition) is 1. The first-order valence-electron chi connectivity index (χ1n) is 7.86. The van der Waals surface area contributed by atoms with Crippen molar-refractivity contribution in [3.63, 3.8) is 0 Å². The fourth-order valence-electron chi connectivity index (χ4n) is 2.40. The molecule has 0 amide bonds. The number of benzene rings is 3. The number of nitrogens with one attached hydrogen (secondary N) is 1. The van der Waals surface area contributed by atoms with E-state index in [1.54, 1.807) is 24.3 Å². The van der Waals surface area contributed by atoms with Crippen LogP contribution in [0.5, 0.6) is 5.75 Å². The van der Waals surface area contributed by atoms with E-state index in [-0.39, 0.29) is 17.4 Å². The summed E-state index contributed by atoms with van der Waals surface area (Å²) in [5.41, 5.74) is 2.05. The lowest BCUT2D eigenvalue weighted by Gasteiger charge is -2.14. The second kappa shape index (κ2) is 8.52. The number of hydrogen-bond acceptors (Lipinski definition) is 2. The van der Waals surface area contributed by atoms with Crippen LogP contribution in [0, 0.1) is 11.6 Å². The first kappa shape index (κ1) is 18.7. The van der Waals surface area contributed by atoms with Gasteiger partial charge in [0.1, 0.15) is 24.0 Å². The molecule has 0 saturated carbocycles. The molecule has 3 aromatic carbocycles. The van der Waals surface area contributed by atoms with Gasteiger partial charge < -0.3 is 10.1 Å². The lowest BCUT2D eigenvalue weighted by Crippen LogP contribution is -2.05. The normalized spacial score (nSPS) is 10.6. The van der Waals surface area contributed by atoms with E-state index in [1.807, 2.05) is 18.2 Å². The highest BCUT2D eigenvalue weighted by Crippen LogP contribution is 2.26. The van der Waals surface area contributed by atoms with Crippen LogP contribution in [0.1, 0.15) is 11.1 Å². The summed E-state index contributed by atoms with van der Waals surface area (Å²) in [5, 5.41) is 3.24. The van der Waals surface area contributed by atoms with E-state index in [0.29, 0.717) is 23.5 Å². The molecule has 0 heterocycles. The first-order valence-corrected chi connectivity index (χ1v) is 9.03. The lowest BCUT2D eigenvalue weighted by molar-refractivity contribution is 0.297. The highest BCUT2D eigenvalue weighted by molar-refractivity contribution is 9.10. The maximum Gasteiger partial charge on any atom is 0.141 e. The third kappa shape index (κ3) is 4.74. The van der Waals surface area contributed by atoms with Crippen LogP contribution in [-0.4, -0.2) is 0 Å². The van der Waals surface area contributed by atoms with E-state index >= 15 is 0 Å². The third-order valence-electron chi connectivity index (χ3n) is 3.77. The minimum Gasteiger partial charge on any atom is -0.488 e. The quantitative estimate of drug-likeness (QED) is 0.470. The summed E-state index contributed by atoms with van der Waals surface area (Å²) in [6, 6.07) is 16.5. The zero-order chi connectivity index (χ0) is 18.5. The van der Waals surface area contributed by atoms with E-state index in [2.05, 4.69) is 21.2 Å². The standard InChI is InChI=1S/C20H15BrClF2NO/c21-15-5-8-20(26-12-13-3-1-2-4-18(13)23)14(9-15)11-25-16-6-7-19(24)17(22)10-16/h1-10,25H,11-12H2. The van der Waals surface area contributed by atoms with Gasteiger partial charge in [0.05, 0.1) is 5.02 Å². The molecule has 0 saturated heterocycles. The highest BCUT2D eigenvalue weighted by Gasteiger charge is 2.08. The predicted octanol–water partition coefficient (Wildman–Crippen LogP) is 6.57. The molecule has 0 aliphatic heterocycles. The number of ether oxygens (including phenoxy) is 1. The summed E-state index contributed by atoms with van der Waals surface area (Å²) in [5.74, 6) is -0.129. The van der Waals surface area contributed by atoms with Gasteiger partial charge in [0.25, 0.3) is 0 Å². The fourth-order valence-corrected chi connectivity index (χ4v) is 2.99. The Morgan fingerprint density at radius 1 is 0.923 bits per heavy atom. The van der Waals surface area contributed by atoms with Crippen molar-refractivity contribution in [1.29, 1.82) is 0 Å². The summed E-state index contributed by atoms with van der Waals surface area (Å²) in [4.78, 5) is 0. The Morgan fingerprint density at radius 3 is 2.50 bits per heavy atom. The number of rotatable bonds is 6. The molecule has 0 bridgehead atoms. The Balaban J connectivity index is 1.73. The van der Waals surface area contributed by atoms with Crippen LogP contribution in [0.25, 0.3) is 0 Å². The molecule has 0 spiro atoms. The van der Waals surface area contributed by atoms with Crippen LogP contribution < -0.4 is 10.1 Å². The first-order chi connectivity index (χ1) is 12.5. The van der Waals surface area contributed by atoms with Gasteiger partial charge in [-0.1, -0.05) is 45.7 Å². The zero-order valence-corrected chi connectivity index (χ0v) is 15.9. The summed E-state index contributed by atoms with van der Waals surface area (Å²) in [6.45, 7) is 0.567. The van der Waals surface area contributed by atoms with E-state index in [1.165, 1.54) is 18.2 Å². The molecule has 0 aliphatic carbocycles. The van der Waals surface area contributed by atoms with Crippen molar-refractivity contribution in [3.05, 3.63) is 92.9 Å². The van der Waals surface area contributed by atoms with Gasteiger partial charge in [-0.3, -0.25) is 0 Å². The van der Waals surface area contributed by atoms with Crippen LogP contribution in [0.4, 0.5) is 14.5 Å². The molecule has 2 nitrogen and oxygen atoms in total. The van der Waals surface area contributed by atoms with Crippen molar-refractivity contribution < 1.29 is 13.5 Å². The molecular formula is C20H15BrClF2NO. The maximum absolute atomic E-state index is 13.8. The van der Waals surface area contributed by atoms with Gasteiger partial charge in [0, 0.05) is 27.8 Å². The van der Waals surface area contributed by atoms with Crippen LogP contribution in [-0.2, 0) is 13.2 Å². The van der Waals surface area contributed by atoms with Crippen molar-refractivity contribution in [2.75, 3.05) is 5.32 Å². The molecule has 0 atom stereocenters. The largest absolute Gasteiger partial charge is 0.488 e. The van der Waals surface area contributed by atoms with Gasteiger partial charge >= 0.3 is 0 Å². The number of halogens is 4. The summed E-state index contributed by atoms with van der Waals surface area (Å²) >= 11 is 9.24. The molecule has 0 unspecified atom stereocenters. The monoisotopic (exact) mass is 437 g/mol. The average molecular weight is 439 g/mol. The Hall–Kier alpha value is -2.11. The molecule has 0 aliphatic rings. The molecule has 1 N–H and O–H groups in total. The van der Waals surface area contributed by atoms with E-state index in [9.17, 15) is 8.78 Å². The Bertz CT molecular complexity index is 920. The van der Waals surface area contributed by atoms with Gasteiger partial charge in [-0.25, -0.2) is 8.78 Å². The fraction of sp³-hybridized carbons (Fsp3) is 0.100. The molecule has 3 rings (SSSR count). The van der Waals surface area contributed by atoms with Gasteiger partial charge in [0.15, 0.2) is 0 Å². The minimum absolute atomic E-state index is 0.0558. The predicted molar refractivity (Wildman–Crippen MR) is 104 cm³/mol. The van der Waals surface area contributed by atoms with E-state index in [4.69, 9.17) is 16.3 Å². The third-order valence-corrected chi connectivity index (χ3v) is 4.55.